The van der Waals surface area contributed by atoms with Crippen molar-refractivity contribution in [3.63, 3.8) is 0 Å². The molecule has 0 radical (unpaired) electrons. The van der Waals surface area contributed by atoms with Gasteiger partial charge >= 0.3 is 0 Å². The summed E-state index contributed by atoms with van der Waals surface area (Å²) in [6.45, 7) is 4.81. The van der Waals surface area contributed by atoms with E-state index >= 15 is 0 Å². The van der Waals surface area contributed by atoms with Crippen molar-refractivity contribution < 1.29 is 9.90 Å². The van der Waals surface area contributed by atoms with Crippen LogP contribution in [0.5, 0.6) is 0 Å². The van der Waals surface area contributed by atoms with Crippen molar-refractivity contribution in [2.24, 2.45) is 0 Å². The van der Waals surface area contributed by atoms with Gasteiger partial charge in [0, 0.05) is 6.04 Å². The van der Waals surface area contributed by atoms with Crippen molar-refractivity contribution in [2.75, 3.05) is 13.2 Å². The first-order chi connectivity index (χ1) is 7.14. The highest BCUT2D eigenvalue weighted by Gasteiger charge is 2.40. The van der Waals surface area contributed by atoms with Crippen LogP contribution in [-0.2, 0) is 4.79 Å². The van der Waals surface area contributed by atoms with Gasteiger partial charge in [0.2, 0.25) is 5.91 Å². The Kier molecular flexibility index (Phi) is 4.54. The molecule has 2 atom stereocenters. The second-order valence-corrected chi connectivity index (χ2v) is 4.42. The highest BCUT2D eigenvalue weighted by molar-refractivity contribution is 5.86. The van der Waals surface area contributed by atoms with Gasteiger partial charge in [-0.3, -0.25) is 4.79 Å². The largest absolute Gasteiger partial charge is 0.394 e. The Hall–Kier alpha value is -0.610. The molecule has 0 bridgehead atoms. The molecular weight excluding hydrogens is 192 g/mol. The molecule has 1 saturated heterocycles. The zero-order chi connectivity index (χ0) is 11.3. The van der Waals surface area contributed by atoms with Gasteiger partial charge in [-0.2, -0.15) is 0 Å². The molecule has 0 aromatic carbocycles. The molecule has 1 fully saturated rings. The second-order valence-electron chi connectivity index (χ2n) is 4.42. The minimum atomic E-state index is -0.377. The van der Waals surface area contributed by atoms with Gasteiger partial charge in [-0.25, -0.2) is 0 Å². The minimum Gasteiger partial charge on any atom is -0.394 e. The second kappa shape index (κ2) is 5.47. The molecule has 3 N–H and O–H groups in total. The molecule has 0 aliphatic carbocycles. The van der Waals surface area contributed by atoms with Gasteiger partial charge in [0.05, 0.1) is 12.1 Å². The molecule has 0 aromatic heterocycles. The van der Waals surface area contributed by atoms with Gasteiger partial charge in [0.25, 0.3) is 0 Å². The zero-order valence-corrected chi connectivity index (χ0v) is 9.68. The molecule has 88 valence electrons. The van der Waals surface area contributed by atoms with Crippen molar-refractivity contribution in [3.8, 4) is 0 Å². The fourth-order valence-corrected chi connectivity index (χ4v) is 2.16. The Morgan fingerprint density at radius 2 is 2.40 bits per heavy atom. The number of amides is 1. The summed E-state index contributed by atoms with van der Waals surface area (Å²) in [7, 11) is 0. The first-order valence-electron chi connectivity index (χ1n) is 5.81. The van der Waals surface area contributed by atoms with Crippen LogP contribution >= 0.6 is 0 Å². The molecule has 4 heteroatoms. The van der Waals surface area contributed by atoms with Crippen LogP contribution in [0.25, 0.3) is 0 Å². The third-order valence-electron chi connectivity index (χ3n) is 3.01. The molecule has 15 heavy (non-hydrogen) atoms. The average Bonchev–Trinajstić information content (AvgIpc) is 2.68. The maximum Gasteiger partial charge on any atom is 0.240 e. The van der Waals surface area contributed by atoms with Crippen molar-refractivity contribution in [1.29, 1.82) is 0 Å². The minimum absolute atomic E-state index is 0.00601. The van der Waals surface area contributed by atoms with Crippen LogP contribution in [0.3, 0.4) is 0 Å². The van der Waals surface area contributed by atoms with Gasteiger partial charge in [-0.1, -0.05) is 13.3 Å². The van der Waals surface area contributed by atoms with Crippen LogP contribution in [0.2, 0.25) is 0 Å². The molecule has 1 aliphatic heterocycles. The van der Waals surface area contributed by atoms with Crippen LogP contribution in [0, 0.1) is 0 Å². The van der Waals surface area contributed by atoms with Crippen molar-refractivity contribution in [2.45, 2.75) is 51.1 Å². The van der Waals surface area contributed by atoms with E-state index in [0.29, 0.717) is 0 Å². The predicted octanol–water partition coefficient (Wildman–Crippen LogP) is 0.406. The Balaban J connectivity index is 2.59. The predicted molar refractivity (Wildman–Crippen MR) is 59.6 cm³/mol. The highest BCUT2D eigenvalue weighted by Crippen LogP contribution is 2.24. The van der Waals surface area contributed by atoms with E-state index in [9.17, 15) is 4.79 Å². The number of rotatable bonds is 5. The lowest BCUT2D eigenvalue weighted by molar-refractivity contribution is -0.128. The van der Waals surface area contributed by atoms with Crippen molar-refractivity contribution in [3.05, 3.63) is 0 Å². The summed E-state index contributed by atoms with van der Waals surface area (Å²) in [6, 6.07) is -0.159. The molecule has 4 nitrogen and oxygen atoms in total. The van der Waals surface area contributed by atoms with Crippen LogP contribution < -0.4 is 10.6 Å². The summed E-state index contributed by atoms with van der Waals surface area (Å²) < 4.78 is 0. The smallest absolute Gasteiger partial charge is 0.240 e. The fourth-order valence-electron chi connectivity index (χ4n) is 2.16. The van der Waals surface area contributed by atoms with Crippen LogP contribution in [0.15, 0.2) is 0 Å². The Labute approximate surface area is 91.4 Å². The molecule has 1 rings (SSSR count). The average molecular weight is 214 g/mol. The normalized spacial score (nSPS) is 27.7. The number of carbonyl (C=O) groups is 1. The van der Waals surface area contributed by atoms with E-state index < -0.39 is 0 Å². The van der Waals surface area contributed by atoms with E-state index in [2.05, 4.69) is 17.6 Å². The summed E-state index contributed by atoms with van der Waals surface area (Å²) in [6.07, 6.45) is 3.83. The fraction of sp³-hybridized carbons (Fsp3) is 0.909. The molecule has 1 amide bonds. The molecule has 0 aromatic rings. The van der Waals surface area contributed by atoms with Crippen LogP contribution in [-0.4, -0.2) is 35.7 Å². The first-order valence-corrected chi connectivity index (χ1v) is 5.81. The quantitative estimate of drug-likeness (QED) is 0.621. The number of aliphatic hydroxyl groups is 1. The summed E-state index contributed by atoms with van der Waals surface area (Å²) >= 11 is 0. The SMILES string of the molecule is CCCC1(C(=O)NC(C)CO)CCCN1. The standard InChI is InChI=1S/C11H22N2O2/c1-3-5-11(6-4-7-12-11)10(15)13-9(2)8-14/h9,12,14H,3-8H2,1-2H3,(H,13,15). The molecule has 1 aliphatic rings. The lowest BCUT2D eigenvalue weighted by atomic mass is 9.90. The summed E-state index contributed by atoms with van der Waals surface area (Å²) in [5.41, 5.74) is -0.377. The maximum atomic E-state index is 12.0. The zero-order valence-electron chi connectivity index (χ0n) is 9.68. The molecule has 2 unspecified atom stereocenters. The van der Waals surface area contributed by atoms with E-state index in [1.165, 1.54) is 0 Å². The van der Waals surface area contributed by atoms with E-state index in [1.807, 2.05) is 6.92 Å². The summed E-state index contributed by atoms with van der Waals surface area (Å²) in [4.78, 5) is 12.0. The van der Waals surface area contributed by atoms with E-state index in [1.54, 1.807) is 0 Å². The summed E-state index contributed by atoms with van der Waals surface area (Å²) in [5, 5.41) is 15.1. The Bertz CT molecular complexity index is 213. The van der Waals surface area contributed by atoms with Crippen LogP contribution in [0.1, 0.15) is 39.5 Å². The number of hydrogen-bond acceptors (Lipinski definition) is 3. The first kappa shape index (κ1) is 12.5. The number of carbonyl (C=O) groups excluding carboxylic acids is 1. The number of hydrogen-bond donors (Lipinski definition) is 3. The van der Waals surface area contributed by atoms with E-state index in [4.69, 9.17) is 5.11 Å². The third-order valence-corrected chi connectivity index (χ3v) is 3.01. The van der Waals surface area contributed by atoms with Crippen LogP contribution in [0.4, 0.5) is 0 Å². The van der Waals surface area contributed by atoms with Gasteiger partial charge in [-0.15, -0.1) is 0 Å². The number of nitrogens with one attached hydrogen (secondary N) is 2. The highest BCUT2D eigenvalue weighted by atomic mass is 16.3. The lowest BCUT2D eigenvalue weighted by Gasteiger charge is -2.29. The van der Waals surface area contributed by atoms with Crippen molar-refractivity contribution >= 4 is 5.91 Å². The van der Waals surface area contributed by atoms with Gasteiger partial charge in [0.15, 0.2) is 0 Å². The molecular formula is C11H22N2O2. The van der Waals surface area contributed by atoms with Gasteiger partial charge in [-0.05, 0) is 32.7 Å². The van der Waals surface area contributed by atoms with Crippen molar-refractivity contribution in [1.82, 2.24) is 10.6 Å². The maximum absolute atomic E-state index is 12.0. The number of aliphatic hydroxyl groups excluding tert-OH is 1. The van der Waals surface area contributed by atoms with Gasteiger partial charge in [0.1, 0.15) is 0 Å². The molecule has 0 spiro atoms. The van der Waals surface area contributed by atoms with E-state index in [-0.39, 0.29) is 24.1 Å². The molecule has 0 saturated carbocycles. The van der Waals surface area contributed by atoms with E-state index in [0.717, 1.165) is 32.2 Å². The Morgan fingerprint density at radius 3 is 2.87 bits per heavy atom. The molecule has 1 heterocycles. The van der Waals surface area contributed by atoms with Gasteiger partial charge < -0.3 is 15.7 Å². The topological polar surface area (TPSA) is 61.4 Å². The monoisotopic (exact) mass is 214 g/mol. The Morgan fingerprint density at radius 1 is 1.67 bits per heavy atom. The third kappa shape index (κ3) is 2.92. The summed E-state index contributed by atoms with van der Waals surface area (Å²) in [5.74, 6) is 0.0448. The lowest BCUT2D eigenvalue weighted by Crippen LogP contribution is -2.55.